The molecule has 0 aromatic heterocycles. The number of carbonyl (C=O) groups excluding carboxylic acids is 2. The average Bonchev–Trinajstić information content (AvgIpc) is 2.71. The number of hydrogen-bond acceptors (Lipinski definition) is 4. The summed E-state index contributed by atoms with van der Waals surface area (Å²) in [4.78, 5) is 28.4. The lowest BCUT2D eigenvalue weighted by molar-refractivity contribution is -0.133. The minimum Gasteiger partial charge on any atom is -0.493 e. The fourth-order valence-corrected chi connectivity index (χ4v) is 3.22. The maximum atomic E-state index is 12.3. The summed E-state index contributed by atoms with van der Waals surface area (Å²) in [5.74, 6) is 0.741. The van der Waals surface area contributed by atoms with Crippen molar-refractivity contribution in [2.75, 3.05) is 44.6 Å². The van der Waals surface area contributed by atoms with Gasteiger partial charge in [0.1, 0.15) is 5.75 Å². The van der Waals surface area contributed by atoms with Crippen molar-refractivity contribution < 1.29 is 14.3 Å². The summed E-state index contributed by atoms with van der Waals surface area (Å²) in [5.41, 5.74) is 0.612. The first kappa shape index (κ1) is 20.2. The molecule has 7 heteroatoms. The lowest BCUT2D eigenvalue weighted by Gasteiger charge is -2.34. The Balaban J connectivity index is 1.36. The number of nitrogens with zero attached hydrogens (tertiary/aromatic N) is 2. The number of halogens is 1. The van der Waals surface area contributed by atoms with Gasteiger partial charge in [-0.1, -0.05) is 41.9 Å². The number of carbonyl (C=O) groups is 2. The van der Waals surface area contributed by atoms with E-state index in [0.29, 0.717) is 49.9 Å². The molecule has 1 N–H and O–H groups in total. The van der Waals surface area contributed by atoms with Crippen LogP contribution in [0.4, 0.5) is 5.69 Å². The summed E-state index contributed by atoms with van der Waals surface area (Å²) in [6.45, 7) is 3.21. The predicted molar refractivity (Wildman–Crippen MR) is 110 cm³/mol. The molecule has 1 heterocycles. The van der Waals surface area contributed by atoms with E-state index in [1.807, 2.05) is 52.3 Å². The van der Waals surface area contributed by atoms with Crippen LogP contribution in [0.25, 0.3) is 0 Å². The molecule has 0 bridgehead atoms. The van der Waals surface area contributed by atoms with Gasteiger partial charge in [-0.25, -0.2) is 0 Å². The number of benzene rings is 2. The zero-order valence-corrected chi connectivity index (χ0v) is 16.4. The molecule has 0 saturated carbocycles. The molecular weight excluding hydrogens is 378 g/mol. The highest BCUT2D eigenvalue weighted by molar-refractivity contribution is 6.33. The minimum atomic E-state index is -0.107. The number of hydrogen-bond donors (Lipinski definition) is 1. The Labute approximate surface area is 170 Å². The van der Waals surface area contributed by atoms with Crippen molar-refractivity contribution in [1.82, 2.24) is 9.80 Å². The monoisotopic (exact) mass is 401 g/mol. The molecule has 2 aromatic rings. The summed E-state index contributed by atoms with van der Waals surface area (Å²) in [7, 11) is 0. The van der Waals surface area contributed by atoms with Gasteiger partial charge in [-0.15, -0.1) is 0 Å². The Bertz CT molecular complexity index is 792. The number of ether oxygens (including phenoxy) is 1. The van der Waals surface area contributed by atoms with Gasteiger partial charge in [0.25, 0.3) is 0 Å². The summed E-state index contributed by atoms with van der Waals surface area (Å²) in [6.07, 6.45) is 0.349. The first-order valence-corrected chi connectivity index (χ1v) is 9.72. The lowest BCUT2D eigenvalue weighted by atomic mass is 10.2. The number of amides is 2. The van der Waals surface area contributed by atoms with Crippen LogP contribution in [0.5, 0.6) is 5.75 Å². The van der Waals surface area contributed by atoms with E-state index in [0.717, 1.165) is 5.75 Å². The first-order valence-electron chi connectivity index (χ1n) is 9.34. The van der Waals surface area contributed by atoms with Gasteiger partial charge in [0.2, 0.25) is 11.8 Å². The van der Waals surface area contributed by atoms with Crippen LogP contribution in [0.3, 0.4) is 0 Å². The molecule has 0 spiro atoms. The molecule has 148 valence electrons. The van der Waals surface area contributed by atoms with Gasteiger partial charge in [0.05, 0.1) is 30.3 Å². The van der Waals surface area contributed by atoms with Crippen molar-refractivity contribution in [3.8, 4) is 5.75 Å². The second-order valence-electron chi connectivity index (χ2n) is 6.60. The number of para-hydroxylation sites is 2. The SMILES string of the molecule is O=C(CN1CCN(C(=O)CCOc2ccccc2)CC1)Nc1ccccc1Cl. The van der Waals surface area contributed by atoms with Gasteiger partial charge in [-0.05, 0) is 24.3 Å². The Hall–Kier alpha value is -2.57. The largest absolute Gasteiger partial charge is 0.493 e. The maximum Gasteiger partial charge on any atom is 0.238 e. The van der Waals surface area contributed by atoms with Gasteiger partial charge >= 0.3 is 0 Å². The van der Waals surface area contributed by atoms with E-state index < -0.39 is 0 Å². The maximum absolute atomic E-state index is 12.3. The third kappa shape index (κ3) is 5.97. The molecule has 0 atom stereocenters. The third-order valence-electron chi connectivity index (χ3n) is 4.57. The fraction of sp³-hybridized carbons (Fsp3) is 0.333. The fourth-order valence-electron chi connectivity index (χ4n) is 3.04. The van der Waals surface area contributed by atoms with Crippen LogP contribution >= 0.6 is 11.6 Å². The molecule has 0 unspecified atom stereocenters. The zero-order valence-electron chi connectivity index (χ0n) is 15.6. The van der Waals surface area contributed by atoms with E-state index in [4.69, 9.17) is 16.3 Å². The lowest BCUT2D eigenvalue weighted by Crippen LogP contribution is -2.50. The summed E-state index contributed by atoms with van der Waals surface area (Å²) >= 11 is 6.06. The number of nitrogens with one attached hydrogen (secondary N) is 1. The van der Waals surface area contributed by atoms with Crippen molar-refractivity contribution >= 4 is 29.1 Å². The number of anilines is 1. The molecule has 1 aliphatic rings. The van der Waals surface area contributed by atoms with Crippen molar-refractivity contribution in [3.63, 3.8) is 0 Å². The quantitative estimate of drug-likeness (QED) is 0.775. The van der Waals surface area contributed by atoms with E-state index in [9.17, 15) is 9.59 Å². The van der Waals surface area contributed by atoms with Crippen LogP contribution in [-0.2, 0) is 9.59 Å². The molecule has 1 aliphatic heterocycles. The van der Waals surface area contributed by atoms with Crippen LogP contribution < -0.4 is 10.1 Å². The Morgan fingerprint density at radius 2 is 1.64 bits per heavy atom. The molecule has 2 aromatic carbocycles. The molecule has 2 amide bonds. The van der Waals surface area contributed by atoms with Gasteiger partial charge in [-0.3, -0.25) is 14.5 Å². The van der Waals surface area contributed by atoms with Crippen LogP contribution in [0.2, 0.25) is 5.02 Å². The molecule has 28 heavy (non-hydrogen) atoms. The number of rotatable bonds is 7. The highest BCUT2D eigenvalue weighted by Gasteiger charge is 2.22. The molecule has 1 saturated heterocycles. The second kappa shape index (κ2) is 10.1. The zero-order chi connectivity index (χ0) is 19.8. The van der Waals surface area contributed by atoms with Gasteiger partial charge in [0.15, 0.2) is 0 Å². The topological polar surface area (TPSA) is 61.9 Å². The van der Waals surface area contributed by atoms with E-state index in [1.54, 1.807) is 12.1 Å². The average molecular weight is 402 g/mol. The third-order valence-corrected chi connectivity index (χ3v) is 4.90. The van der Waals surface area contributed by atoms with Crippen molar-refractivity contribution in [1.29, 1.82) is 0 Å². The Morgan fingerprint density at radius 3 is 2.36 bits per heavy atom. The summed E-state index contributed by atoms with van der Waals surface area (Å²) in [5, 5.41) is 3.34. The highest BCUT2D eigenvalue weighted by Crippen LogP contribution is 2.20. The molecule has 0 aliphatic carbocycles. The second-order valence-corrected chi connectivity index (χ2v) is 7.00. The molecule has 1 fully saturated rings. The van der Waals surface area contributed by atoms with Crippen LogP contribution in [-0.4, -0.2) is 60.9 Å². The van der Waals surface area contributed by atoms with E-state index >= 15 is 0 Å². The minimum absolute atomic E-state index is 0.0797. The standard InChI is InChI=1S/C21H24ClN3O3/c22-18-8-4-5-9-19(18)23-20(26)16-24-11-13-25(14-12-24)21(27)10-15-28-17-6-2-1-3-7-17/h1-9H,10-16H2,(H,23,26). The van der Waals surface area contributed by atoms with E-state index in [2.05, 4.69) is 5.32 Å². The summed E-state index contributed by atoms with van der Waals surface area (Å²) in [6, 6.07) is 16.6. The van der Waals surface area contributed by atoms with Gasteiger partial charge in [-0.2, -0.15) is 0 Å². The van der Waals surface area contributed by atoms with Gasteiger partial charge < -0.3 is 15.0 Å². The molecule has 6 nitrogen and oxygen atoms in total. The van der Waals surface area contributed by atoms with Crippen molar-refractivity contribution in [3.05, 3.63) is 59.6 Å². The summed E-state index contributed by atoms with van der Waals surface area (Å²) < 4.78 is 5.59. The van der Waals surface area contributed by atoms with Crippen LogP contribution in [0, 0.1) is 0 Å². The normalized spacial score (nSPS) is 14.5. The molecular formula is C21H24ClN3O3. The first-order chi connectivity index (χ1) is 13.6. The Kier molecular flexibility index (Phi) is 7.28. The highest BCUT2D eigenvalue weighted by atomic mass is 35.5. The van der Waals surface area contributed by atoms with Crippen LogP contribution in [0.15, 0.2) is 54.6 Å². The van der Waals surface area contributed by atoms with Crippen LogP contribution in [0.1, 0.15) is 6.42 Å². The Morgan fingerprint density at radius 1 is 0.964 bits per heavy atom. The van der Waals surface area contributed by atoms with Crippen molar-refractivity contribution in [2.45, 2.75) is 6.42 Å². The van der Waals surface area contributed by atoms with Gasteiger partial charge in [0, 0.05) is 26.2 Å². The van der Waals surface area contributed by atoms with Crippen molar-refractivity contribution in [2.24, 2.45) is 0 Å². The van der Waals surface area contributed by atoms with E-state index in [-0.39, 0.29) is 18.4 Å². The smallest absolute Gasteiger partial charge is 0.238 e. The molecule has 0 radical (unpaired) electrons. The molecule has 3 rings (SSSR count). The number of piperazine rings is 1. The van der Waals surface area contributed by atoms with E-state index in [1.165, 1.54) is 0 Å². The predicted octanol–water partition coefficient (Wildman–Crippen LogP) is 2.89.